The molecule has 3 fully saturated rings. The van der Waals surface area contributed by atoms with Crippen LogP contribution >= 0.6 is 0 Å². The highest BCUT2D eigenvalue weighted by Crippen LogP contribution is 2.46. The Morgan fingerprint density at radius 1 is 1.22 bits per heavy atom. The highest BCUT2D eigenvalue weighted by atomic mass is 16.3. The number of rotatable bonds is 3. The molecule has 3 rings (SSSR count). The molecule has 23 heavy (non-hydrogen) atoms. The van der Waals surface area contributed by atoms with E-state index >= 15 is 0 Å². The topological polar surface area (TPSA) is 60.9 Å². The number of carbonyl (C=O) groups excluding carboxylic acids is 2. The lowest BCUT2D eigenvalue weighted by atomic mass is 9.68. The summed E-state index contributed by atoms with van der Waals surface area (Å²) >= 11 is 0. The molecular formula is C18H30N2O3. The fourth-order valence-electron chi connectivity index (χ4n) is 4.72. The molecule has 1 unspecified atom stereocenters. The van der Waals surface area contributed by atoms with Gasteiger partial charge in [0.15, 0.2) is 6.10 Å². The zero-order valence-corrected chi connectivity index (χ0v) is 14.5. The van der Waals surface area contributed by atoms with Crippen molar-refractivity contribution in [1.29, 1.82) is 0 Å². The third-order valence-corrected chi connectivity index (χ3v) is 5.94. The second-order valence-corrected chi connectivity index (χ2v) is 7.98. The van der Waals surface area contributed by atoms with Gasteiger partial charge in [-0.3, -0.25) is 9.59 Å². The van der Waals surface area contributed by atoms with Gasteiger partial charge in [0, 0.05) is 25.6 Å². The largest absolute Gasteiger partial charge is 0.381 e. The van der Waals surface area contributed by atoms with Crippen molar-refractivity contribution in [2.45, 2.75) is 82.9 Å². The minimum absolute atomic E-state index is 0.0844. The molecular weight excluding hydrogens is 292 g/mol. The van der Waals surface area contributed by atoms with E-state index in [9.17, 15) is 14.7 Å². The normalized spacial score (nSPS) is 28.3. The number of likely N-dealkylation sites (tertiary alicyclic amines) is 2. The van der Waals surface area contributed by atoms with Crippen molar-refractivity contribution >= 4 is 11.8 Å². The van der Waals surface area contributed by atoms with Crippen molar-refractivity contribution < 1.29 is 14.7 Å². The molecule has 2 heterocycles. The van der Waals surface area contributed by atoms with Crippen molar-refractivity contribution in [3.05, 3.63) is 0 Å². The van der Waals surface area contributed by atoms with Crippen LogP contribution in [0.4, 0.5) is 0 Å². The zero-order chi connectivity index (χ0) is 16.6. The van der Waals surface area contributed by atoms with Crippen molar-refractivity contribution in [2.75, 3.05) is 13.1 Å². The summed E-state index contributed by atoms with van der Waals surface area (Å²) in [4.78, 5) is 28.4. The SMILES string of the molecule is CC(C)CC(=O)N1CCC(N2C(=O)C(O)C23CCCCC3)CC1. The van der Waals surface area contributed by atoms with Gasteiger partial charge in [-0.1, -0.05) is 33.1 Å². The lowest BCUT2D eigenvalue weighted by molar-refractivity contribution is -0.201. The van der Waals surface area contributed by atoms with Gasteiger partial charge in [0.25, 0.3) is 5.91 Å². The van der Waals surface area contributed by atoms with Gasteiger partial charge in [0.2, 0.25) is 5.91 Å². The maximum Gasteiger partial charge on any atom is 0.254 e. The molecule has 2 aliphatic heterocycles. The minimum atomic E-state index is -0.789. The molecule has 2 saturated heterocycles. The number of amides is 2. The second kappa shape index (κ2) is 6.42. The summed E-state index contributed by atoms with van der Waals surface area (Å²) in [5.74, 6) is 0.539. The van der Waals surface area contributed by atoms with Gasteiger partial charge >= 0.3 is 0 Å². The maximum atomic E-state index is 12.3. The third-order valence-electron chi connectivity index (χ3n) is 5.94. The van der Waals surface area contributed by atoms with E-state index in [1.165, 1.54) is 6.42 Å². The first kappa shape index (κ1) is 16.7. The van der Waals surface area contributed by atoms with E-state index in [0.29, 0.717) is 12.3 Å². The highest BCUT2D eigenvalue weighted by molar-refractivity contribution is 5.90. The molecule has 1 spiro atoms. The Kier molecular flexibility index (Phi) is 4.68. The molecule has 1 aliphatic carbocycles. The molecule has 0 aromatic carbocycles. The molecule has 1 N–H and O–H groups in total. The monoisotopic (exact) mass is 322 g/mol. The Bertz CT molecular complexity index is 463. The fraction of sp³-hybridized carbons (Fsp3) is 0.889. The first-order valence-electron chi connectivity index (χ1n) is 9.25. The Morgan fingerprint density at radius 3 is 2.39 bits per heavy atom. The van der Waals surface area contributed by atoms with Gasteiger partial charge in [-0.05, 0) is 31.6 Å². The predicted molar refractivity (Wildman–Crippen MR) is 87.7 cm³/mol. The summed E-state index contributed by atoms with van der Waals surface area (Å²) in [6.45, 7) is 5.62. The van der Waals surface area contributed by atoms with Crippen LogP contribution in [0.15, 0.2) is 0 Å². The van der Waals surface area contributed by atoms with Crippen molar-refractivity contribution in [1.82, 2.24) is 9.80 Å². The second-order valence-electron chi connectivity index (χ2n) is 7.98. The van der Waals surface area contributed by atoms with E-state index in [1.807, 2.05) is 9.80 Å². The number of β-lactam (4-membered cyclic amide) rings is 1. The summed E-state index contributed by atoms with van der Waals surface area (Å²) in [6.07, 6.45) is 6.81. The molecule has 3 aliphatic rings. The molecule has 0 aromatic heterocycles. The zero-order valence-electron chi connectivity index (χ0n) is 14.5. The van der Waals surface area contributed by atoms with E-state index in [0.717, 1.165) is 51.6 Å². The highest BCUT2D eigenvalue weighted by Gasteiger charge is 2.61. The smallest absolute Gasteiger partial charge is 0.254 e. The molecule has 2 amide bonds. The van der Waals surface area contributed by atoms with Crippen molar-refractivity contribution in [2.24, 2.45) is 5.92 Å². The van der Waals surface area contributed by atoms with Crippen LogP contribution < -0.4 is 0 Å². The summed E-state index contributed by atoms with van der Waals surface area (Å²) in [5.41, 5.74) is -0.288. The van der Waals surface area contributed by atoms with E-state index in [2.05, 4.69) is 13.8 Å². The number of aliphatic hydroxyl groups is 1. The molecule has 1 saturated carbocycles. The van der Waals surface area contributed by atoms with Gasteiger partial charge in [-0.25, -0.2) is 0 Å². The van der Waals surface area contributed by atoms with Crippen LogP contribution in [0.1, 0.15) is 65.2 Å². The minimum Gasteiger partial charge on any atom is -0.381 e. The standard InChI is InChI=1S/C18H30N2O3/c1-13(2)12-15(21)19-10-6-14(7-11-19)20-17(23)16(22)18(20)8-4-3-5-9-18/h13-14,16,22H,3-12H2,1-2H3. The van der Waals surface area contributed by atoms with Crippen LogP contribution in [0.25, 0.3) is 0 Å². The number of piperidine rings is 1. The molecule has 0 radical (unpaired) electrons. The Balaban J connectivity index is 1.61. The number of aliphatic hydroxyl groups excluding tert-OH is 1. The average molecular weight is 322 g/mol. The Hall–Kier alpha value is -1.10. The fourth-order valence-corrected chi connectivity index (χ4v) is 4.72. The third kappa shape index (κ3) is 2.88. The summed E-state index contributed by atoms with van der Waals surface area (Å²) in [5, 5.41) is 10.3. The van der Waals surface area contributed by atoms with Crippen LogP contribution in [0.3, 0.4) is 0 Å². The molecule has 5 heteroatoms. The van der Waals surface area contributed by atoms with E-state index in [-0.39, 0.29) is 23.4 Å². The van der Waals surface area contributed by atoms with Crippen LogP contribution in [0.5, 0.6) is 0 Å². The van der Waals surface area contributed by atoms with Crippen LogP contribution in [-0.2, 0) is 9.59 Å². The van der Waals surface area contributed by atoms with Crippen LogP contribution in [0, 0.1) is 5.92 Å². The predicted octanol–water partition coefficient (Wildman–Crippen LogP) is 1.93. The first-order chi connectivity index (χ1) is 11.0. The summed E-state index contributed by atoms with van der Waals surface area (Å²) in [7, 11) is 0. The van der Waals surface area contributed by atoms with Crippen molar-refractivity contribution in [3.8, 4) is 0 Å². The summed E-state index contributed by atoms with van der Waals surface area (Å²) in [6, 6.07) is 0.201. The first-order valence-corrected chi connectivity index (χ1v) is 9.25. The molecule has 1 atom stereocenters. The van der Waals surface area contributed by atoms with E-state index in [4.69, 9.17) is 0 Å². The number of hydrogen-bond donors (Lipinski definition) is 1. The van der Waals surface area contributed by atoms with Gasteiger partial charge in [0.05, 0.1) is 5.54 Å². The summed E-state index contributed by atoms with van der Waals surface area (Å²) < 4.78 is 0. The van der Waals surface area contributed by atoms with E-state index < -0.39 is 6.10 Å². The van der Waals surface area contributed by atoms with E-state index in [1.54, 1.807) is 0 Å². The number of carbonyl (C=O) groups is 2. The number of nitrogens with zero attached hydrogens (tertiary/aromatic N) is 2. The van der Waals surface area contributed by atoms with Crippen LogP contribution in [-0.4, -0.2) is 57.5 Å². The average Bonchev–Trinajstić information content (AvgIpc) is 2.55. The number of hydrogen-bond acceptors (Lipinski definition) is 3. The molecule has 5 nitrogen and oxygen atoms in total. The van der Waals surface area contributed by atoms with Gasteiger partial charge in [-0.15, -0.1) is 0 Å². The van der Waals surface area contributed by atoms with Gasteiger partial charge < -0.3 is 14.9 Å². The van der Waals surface area contributed by atoms with Gasteiger partial charge in [0.1, 0.15) is 0 Å². The Labute approximate surface area is 139 Å². The lowest BCUT2D eigenvalue weighted by Crippen LogP contribution is -2.77. The van der Waals surface area contributed by atoms with Crippen LogP contribution in [0.2, 0.25) is 0 Å². The van der Waals surface area contributed by atoms with Crippen molar-refractivity contribution in [3.63, 3.8) is 0 Å². The van der Waals surface area contributed by atoms with Gasteiger partial charge in [-0.2, -0.15) is 0 Å². The molecule has 0 aromatic rings. The quantitative estimate of drug-likeness (QED) is 0.808. The lowest BCUT2D eigenvalue weighted by Gasteiger charge is -2.61. The maximum absolute atomic E-state index is 12.3. The molecule has 130 valence electrons. The Morgan fingerprint density at radius 2 is 1.83 bits per heavy atom. The molecule has 0 bridgehead atoms.